The maximum Gasteiger partial charge on any atom is 0.338 e. The van der Waals surface area contributed by atoms with Gasteiger partial charge in [0.25, 0.3) is 10.0 Å². The number of anilines is 1. The first kappa shape index (κ1) is 15.3. The molecule has 3 rings (SSSR count). The minimum absolute atomic E-state index is 0.0480. The van der Waals surface area contributed by atoms with Crippen molar-refractivity contribution in [1.82, 2.24) is 10.2 Å². The molecule has 0 saturated heterocycles. The molecule has 0 unspecified atom stereocenters. The zero-order valence-corrected chi connectivity index (χ0v) is 13.2. The second-order valence-corrected chi connectivity index (χ2v) is 6.62. The molecule has 0 spiro atoms. The number of rotatable bonds is 4. The predicted octanol–water partition coefficient (Wildman–Crippen LogP) is 1.17. The van der Waals surface area contributed by atoms with Crippen molar-refractivity contribution in [3.8, 4) is 5.75 Å². The summed E-state index contributed by atoms with van der Waals surface area (Å²) in [4.78, 5) is 11.9. The van der Waals surface area contributed by atoms with Crippen molar-refractivity contribution >= 4 is 21.7 Å². The van der Waals surface area contributed by atoms with Crippen LogP contribution in [-0.4, -0.2) is 44.3 Å². The van der Waals surface area contributed by atoms with Crippen LogP contribution >= 0.6 is 0 Å². The summed E-state index contributed by atoms with van der Waals surface area (Å²) in [5.41, 5.74) is 0.575. The van der Waals surface area contributed by atoms with Gasteiger partial charge in [-0.05, 0) is 25.1 Å². The second kappa shape index (κ2) is 5.92. The van der Waals surface area contributed by atoms with Gasteiger partial charge in [-0.1, -0.05) is 0 Å². The summed E-state index contributed by atoms with van der Waals surface area (Å²) in [6.45, 7) is 2.31. The van der Waals surface area contributed by atoms with Gasteiger partial charge >= 0.3 is 5.97 Å². The molecule has 23 heavy (non-hydrogen) atoms. The number of sulfonamides is 1. The van der Waals surface area contributed by atoms with E-state index in [0.29, 0.717) is 11.4 Å². The van der Waals surface area contributed by atoms with Crippen LogP contribution in [0.2, 0.25) is 0 Å². The van der Waals surface area contributed by atoms with E-state index in [0.717, 1.165) is 0 Å². The smallest absolute Gasteiger partial charge is 0.338 e. The Hall–Kier alpha value is -2.55. The van der Waals surface area contributed by atoms with Crippen molar-refractivity contribution in [1.29, 1.82) is 0 Å². The quantitative estimate of drug-likeness (QED) is 0.841. The molecular weight excluding hydrogens is 322 g/mol. The molecule has 2 heterocycles. The fourth-order valence-corrected chi connectivity index (χ4v) is 3.65. The number of carbonyl (C=O) groups is 1. The standard InChI is InChI=1S/C14H15N3O5S/c1-2-21-14(18)10-3-4-13-12(7-10)17(5-6-22-13)23(19,20)11-8-15-16-9-11/h3-4,7-9H,2,5-6H2,1H3,(H,15,16). The van der Waals surface area contributed by atoms with Crippen LogP contribution in [0, 0.1) is 0 Å². The normalized spacial score (nSPS) is 14.0. The molecule has 8 nitrogen and oxygen atoms in total. The summed E-state index contributed by atoms with van der Waals surface area (Å²) in [5, 5.41) is 6.16. The monoisotopic (exact) mass is 337 g/mol. The number of H-pyrrole nitrogens is 1. The number of carbonyl (C=O) groups excluding carboxylic acids is 1. The van der Waals surface area contributed by atoms with Gasteiger partial charge in [0.2, 0.25) is 0 Å². The summed E-state index contributed by atoms with van der Waals surface area (Å²) in [6, 6.07) is 4.58. The molecule has 1 aliphatic rings. The molecule has 0 radical (unpaired) electrons. The molecule has 0 aliphatic carbocycles. The van der Waals surface area contributed by atoms with Gasteiger partial charge < -0.3 is 9.47 Å². The van der Waals surface area contributed by atoms with Gasteiger partial charge in [-0.25, -0.2) is 13.2 Å². The summed E-state index contributed by atoms with van der Waals surface area (Å²) in [7, 11) is -3.78. The fourth-order valence-electron chi connectivity index (χ4n) is 2.29. The SMILES string of the molecule is CCOC(=O)c1ccc2c(c1)N(S(=O)(=O)c1cn[nH]c1)CCO2. The molecular formula is C14H15N3O5S. The van der Waals surface area contributed by atoms with Crippen LogP contribution in [0.4, 0.5) is 5.69 Å². The minimum Gasteiger partial charge on any atom is -0.489 e. The molecule has 0 bridgehead atoms. The van der Waals surface area contributed by atoms with E-state index in [2.05, 4.69) is 10.2 Å². The van der Waals surface area contributed by atoms with Crippen LogP contribution in [0.15, 0.2) is 35.5 Å². The van der Waals surface area contributed by atoms with Crippen molar-refractivity contribution in [2.24, 2.45) is 0 Å². The number of esters is 1. The minimum atomic E-state index is -3.78. The Labute approximate surface area is 133 Å². The number of nitrogens with one attached hydrogen (secondary N) is 1. The number of aromatic nitrogens is 2. The number of hydrogen-bond donors (Lipinski definition) is 1. The highest BCUT2D eigenvalue weighted by Crippen LogP contribution is 2.36. The highest BCUT2D eigenvalue weighted by molar-refractivity contribution is 7.92. The van der Waals surface area contributed by atoms with E-state index in [-0.39, 0.29) is 30.2 Å². The number of aromatic amines is 1. The van der Waals surface area contributed by atoms with Gasteiger partial charge in [0, 0.05) is 6.20 Å². The lowest BCUT2D eigenvalue weighted by molar-refractivity contribution is 0.0526. The summed E-state index contributed by atoms with van der Waals surface area (Å²) < 4.78 is 37.1. The van der Waals surface area contributed by atoms with Gasteiger partial charge in [-0.3, -0.25) is 9.40 Å². The predicted molar refractivity (Wildman–Crippen MR) is 81.0 cm³/mol. The summed E-state index contributed by atoms with van der Waals surface area (Å²) in [6.07, 6.45) is 2.54. The summed E-state index contributed by atoms with van der Waals surface area (Å²) in [5.74, 6) is -0.113. The van der Waals surface area contributed by atoms with Crippen molar-refractivity contribution in [3.05, 3.63) is 36.2 Å². The Morgan fingerprint density at radius 2 is 2.30 bits per heavy atom. The van der Waals surface area contributed by atoms with Crippen molar-refractivity contribution < 1.29 is 22.7 Å². The molecule has 0 amide bonds. The Morgan fingerprint density at radius 1 is 1.48 bits per heavy atom. The van der Waals surface area contributed by atoms with Crippen molar-refractivity contribution in [2.75, 3.05) is 24.1 Å². The van der Waals surface area contributed by atoms with Gasteiger partial charge in [0.15, 0.2) is 0 Å². The van der Waals surface area contributed by atoms with E-state index in [4.69, 9.17) is 9.47 Å². The van der Waals surface area contributed by atoms with Crippen molar-refractivity contribution in [2.45, 2.75) is 11.8 Å². The Bertz CT molecular complexity index is 817. The molecule has 1 aromatic carbocycles. The lowest BCUT2D eigenvalue weighted by Gasteiger charge is -2.30. The molecule has 0 saturated carbocycles. The zero-order valence-electron chi connectivity index (χ0n) is 12.4. The fraction of sp³-hybridized carbons (Fsp3) is 0.286. The molecule has 0 atom stereocenters. The van der Waals surface area contributed by atoms with Crippen molar-refractivity contribution in [3.63, 3.8) is 0 Å². The van der Waals surface area contributed by atoms with Gasteiger partial charge in [0.1, 0.15) is 17.3 Å². The Balaban J connectivity index is 2.04. The topological polar surface area (TPSA) is 102 Å². The first-order valence-corrected chi connectivity index (χ1v) is 8.43. The molecule has 2 aromatic rings. The third kappa shape index (κ3) is 2.74. The van der Waals surface area contributed by atoms with E-state index in [1.165, 1.54) is 22.8 Å². The number of benzene rings is 1. The average Bonchev–Trinajstić information content (AvgIpc) is 3.09. The highest BCUT2D eigenvalue weighted by atomic mass is 32.2. The second-order valence-electron chi connectivity index (χ2n) is 4.76. The van der Waals surface area contributed by atoms with Crippen LogP contribution in [0.5, 0.6) is 5.75 Å². The lowest BCUT2D eigenvalue weighted by atomic mass is 10.1. The molecule has 122 valence electrons. The third-order valence-corrected chi connectivity index (χ3v) is 5.13. The van der Waals surface area contributed by atoms with Crippen LogP contribution < -0.4 is 9.04 Å². The highest BCUT2D eigenvalue weighted by Gasteiger charge is 2.31. The molecule has 1 N–H and O–H groups in total. The van der Waals surface area contributed by atoms with Gasteiger partial charge in [0.05, 0.1) is 30.6 Å². The number of ether oxygens (including phenoxy) is 2. The van der Waals surface area contributed by atoms with Crippen LogP contribution in [-0.2, 0) is 14.8 Å². The molecule has 1 aromatic heterocycles. The number of fused-ring (bicyclic) bond motifs is 1. The maximum atomic E-state index is 12.7. The van der Waals surface area contributed by atoms with Gasteiger partial charge in [-0.15, -0.1) is 0 Å². The number of nitrogens with zero attached hydrogens (tertiary/aromatic N) is 2. The van der Waals surface area contributed by atoms with E-state index in [9.17, 15) is 13.2 Å². The average molecular weight is 337 g/mol. The van der Waals surface area contributed by atoms with Gasteiger partial charge in [-0.2, -0.15) is 5.10 Å². The van der Waals surface area contributed by atoms with E-state index in [1.807, 2.05) is 0 Å². The van der Waals surface area contributed by atoms with Crippen LogP contribution in [0.1, 0.15) is 17.3 Å². The largest absolute Gasteiger partial charge is 0.489 e. The maximum absolute atomic E-state index is 12.7. The lowest BCUT2D eigenvalue weighted by Crippen LogP contribution is -2.38. The molecule has 0 fully saturated rings. The molecule has 1 aliphatic heterocycles. The van der Waals surface area contributed by atoms with E-state index < -0.39 is 16.0 Å². The van der Waals surface area contributed by atoms with Crippen LogP contribution in [0.25, 0.3) is 0 Å². The molecule has 9 heteroatoms. The zero-order chi connectivity index (χ0) is 16.4. The van der Waals surface area contributed by atoms with E-state index >= 15 is 0 Å². The number of hydrogen-bond acceptors (Lipinski definition) is 6. The first-order valence-electron chi connectivity index (χ1n) is 6.99. The van der Waals surface area contributed by atoms with Crippen LogP contribution in [0.3, 0.4) is 0 Å². The summed E-state index contributed by atoms with van der Waals surface area (Å²) >= 11 is 0. The third-order valence-electron chi connectivity index (χ3n) is 3.35. The van der Waals surface area contributed by atoms with E-state index in [1.54, 1.807) is 19.1 Å². The first-order chi connectivity index (χ1) is 11.0. The Morgan fingerprint density at radius 3 is 3.00 bits per heavy atom. The Kier molecular flexibility index (Phi) is 3.95.